The van der Waals surface area contributed by atoms with Gasteiger partial charge in [-0.05, 0) is 12.1 Å². The molecule has 92 valence electrons. The summed E-state index contributed by atoms with van der Waals surface area (Å²) in [5.41, 5.74) is 0.267. The molecular formula is C10H12N2O4S. The van der Waals surface area contributed by atoms with Gasteiger partial charge in [0.1, 0.15) is 11.5 Å². The van der Waals surface area contributed by atoms with Crippen molar-refractivity contribution in [2.24, 2.45) is 0 Å². The maximum atomic E-state index is 11.4. The number of nitrogens with zero attached hydrogens (tertiary/aromatic N) is 1. The van der Waals surface area contributed by atoms with Crippen LogP contribution < -0.4 is 14.2 Å². The molecule has 1 N–H and O–H groups in total. The smallest absolute Gasteiger partial charge is 0.246 e. The number of nitriles is 1. The van der Waals surface area contributed by atoms with Crippen molar-refractivity contribution in [3.8, 4) is 17.6 Å². The topological polar surface area (TPSA) is 88.4 Å². The van der Waals surface area contributed by atoms with Crippen LogP contribution in [0.5, 0.6) is 11.5 Å². The lowest BCUT2D eigenvalue weighted by atomic mass is 10.3. The molecule has 1 aromatic carbocycles. The van der Waals surface area contributed by atoms with Crippen LogP contribution in [0.4, 0.5) is 5.69 Å². The van der Waals surface area contributed by atoms with Crippen LogP contribution in [-0.2, 0) is 10.0 Å². The zero-order chi connectivity index (χ0) is 12.9. The standard InChI is InChI=1S/C10H12N2O4S/c1-15-8-3-4-9(10(7-8)16-2)12-17(13,14)6-5-11/h3-4,7,12H,6H2,1-2H3. The van der Waals surface area contributed by atoms with Crippen LogP contribution in [-0.4, -0.2) is 28.4 Å². The van der Waals surface area contributed by atoms with Gasteiger partial charge in [0.2, 0.25) is 10.0 Å². The molecule has 1 aromatic rings. The molecule has 0 aliphatic heterocycles. The Morgan fingerprint density at radius 3 is 2.59 bits per heavy atom. The van der Waals surface area contributed by atoms with Crippen molar-refractivity contribution in [3.05, 3.63) is 18.2 Å². The van der Waals surface area contributed by atoms with E-state index in [9.17, 15) is 8.42 Å². The highest BCUT2D eigenvalue weighted by molar-refractivity contribution is 7.92. The minimum absolute atomic E-state index is 0.267. The third-order valence-electron chi connectivity index (χ3n) is 1.93. The summed E-state index contributed by atoms with van der Waals surface area (Å²) in [5.74, 6) is 0.262. The summed E-state index contributed by atoms with van der Waals surface area (Å²) in [6.07, 6.45) is 0. The maximum absolute atomic E-state index is 11.4. The number of hydrogen-bond donors (Lipinski definition) is 1. The van der Waals surface area contributed by atoms with Gasteiger partial charge in [-0.15, -0.1) is 0 Å². The van der Waals surface area contributed by atoms with Crippen LogP contribution in [0.15, 0.2) is 18.2 Å². The first-order valence-electron chi connectivity index (χ1n) is 4.62. The Morgan fingerprint density at radius 1 is 1.35 bits per heavy atom. The van der Waals surface area contributed by atoms with Gasteiger partial charge in [0.05, 0.1) is 26.0 Å². The van der Waals surface area contributed by atoms with Crippen molar-refractivity contribution in [2.45, 2.75) is 0 Å². The molecule has 0 saturated carbocycles. The second-order valence-electron chi connectivity index (χ2n) is 3.09. The van der Waals surface area contributed by atoms with Crippen molar-refractivity contribution in [3.63, 3.8) is 0 Å². The maximum Gasteiger partial charge on any atom is 0.246 e. The molecule has 0 radical (unpaired) electrons. The fourth-order valence-electron chi connectivity index (χ4n) is 1.17. The molecule has 0 fully saturated rings. The molecule has 0 bridgehead atoms. The fraction of sp³-hybridized carbons (Fsp3) is 0.300. The molecule has 0 amide bonds. The van der Waals surface area contributed by atoms with Gasteiger partial charge >= 0.3 is 0 Å². The van der Waals surface area contributed by atoms with Gasteiger partial charge < -0.3 is 9.47 Å². The van der Waals surface area contributed by atoms with E-state index in [1.54, 1.807) is 18.2 Å². The molecular weight excluding hydrogens is 244 g/mol. The lowest BCUT2D eigenvalue weighted by Gasteiger charge is -2.11. The molecule has 0 spiro atoms. The summed E-state index contributed by atoms with van der Waals surface area (Å²) in [6, 6.07) is 6.21. The van der Waals surface area contributed by atoms with Crippen molar-refractivity contribution < 1.29 is 17.9 Å². The molecule has 1 rings (SSSR count). The predicted octanol–water partition coefficient (Wildman–Crippen LogP) is 0.969. The first-order valence-corrected chi connectivity index (χ1v) is 6.27. The molecule has 0 aromatic heterocycles. The molecule has 0 aliphatic carbocycles. The van der Waals surface area contributed by atoms with E-state index in [1.807, 2.05) is 0 Å². The van der Waals surface area contributed by atoms with Crippen molar-refractivity contribution in [1.29, 1.82) is 5.26 Å². The lowest BCUT2D eigenvalue weighted by molar-refractivity contribution is 0.395. The van der Waals surface area contributed by atoms with Gasteiger partial charge in [-0.2, -0.15) is 5.26 Å². The average Bonchev–Trinajstić information content (AvgIpc) is 2.29. The Kier molecular flexibility index (Phi) is 4.17. The fourth-order valence-corrected chi connectivity index (χ4v) is 1.92. The van der Waals surface area contributed by atoms with Crippen LogP contribution in [0, 0.1) is 11.3 Å². The number of sulfonamides is 1. The average molecular weight is 256 g/mol. The number of rotatable bonds is 5. The minimum Gasteiger partial charge on any atom is -0.497 e. The van der Waals surface area contributed by atoms with Gasteiger partial charge in [-0.3, -0.25) is 4.72 Å². The Hall–Kier alpha value is -1.94. The lowest BCUT2D eigenvalue weighted by Crippen LogP contribution is -2.16. The van der Waals surface area contributed by atoms with E-state index in [1.165, 1.54) is 20.3 Å². The van der Waals surface area contributed by atoms with Crippen LogP contribution in [0.3, 0.4) is 0 Å². The quantitative estimate of drug-likeness (QED) is 0.848. The van der Waals surface area contributed by atoms with E-state index in [4.69, 9.17) is 14.7 Å². The van der Waals surface area contributed by atoms with E-state index in [0.717, 1.165) is 0 Å². The van der Waals surface area contributed by atoms with Crippen LogP contribution in [0.1, 0.15) is 0 Å². The van der Waals surface area contributed by atoms with Crippen molar-refractivity contribution >= 4 is 15.7 Å². The Balaban J connectivity index is 3.04. The van der Waals surface area contributed by atoms with Crippen LogP contribution >= 0.6 is 0 Å². The Bertz CT molecular complexity index is 534. The van der Waals surface area contributed by atoms with Crippen LogP contribution in [0.25, 0.3) is 0 Å². The minimum atomic E-state index is -3.67. The highest BCUT2D eigenvalue weighted by atomic mass is 32.2. The number of ether oxygens (including phenoxy) is 2. The van der Waals surface area contributed by atoms with Crippen LogP contribution in [0.2, 0.25) is 0 Å². The van der Waals surface area contributed by atoms with Gasteiger partial charge in [0.15, 0.2) is 5.75 Å². The monoisotopic (exact) mass is 256 g/mol. The molecule has 17 heavy (non-hydrogen) atoms. The molecule has 0 heterocycles. The predicted molar refractivity (Wildman–Crippen MR) is 62.6 cm³/mol. The first-order chi connectivity index (χ1) is 8.02. The Labute approximate surface area is 99.8 Å². The van der Waals surface area contributed by atoms with Crippen molar-refractivity contribution in [2.75, 3.05) is 24.7 Å². The molecule has 0 aliphatic rings. The highest BCUT2D eigenvalue weighted by Crippen LogP contribution is 2.29. The zero-order valence-corrected chi connectivity index (χ0v) is 10.2. The summed E-state index contributed by atoms with van der Waals surface area (Å²) < 4.78 is 35.1. The second kappa shape index (κ2) is 5.41. The van der Waals surface area contributed by atoms with Crippen molar-refractivity contribution in [1.82, 2.24) is 0 Å². The van der Waals surface area contributed by atoms with E-state index >= 15 is 0 Å². The Morgan fingerprint density at radius 2 is 2.06 bits per heavy atom. The highest BCUT2D eigenvalue weighted by Gasteiger charge is 2.13. The summed E-state index contributed by atoms with van der Waals surface area (Å²) in [7, 11) is -0.761. The van der Waals surface area contributed by atoms with E-state index in [2.05, 4.69) is 4.72 Å². The number of anilines is 1. The van der Waals surface area contributed by atoms with E-state index < -0.39 is 15.8 Å². The molecule has 0 saturated heterocycles. The SMILES string of the molecule is COc1ccc(NS(=O)(=O)CC#N)c(OC)c1. The largest absolute Gasteiger partial charge is 0.497 e. The molecule has 6 nitrogen and oxygen atoms in total. The third kappa shape index (κ3) is 3.53. The first kappa shape index (κ1) is 13.1. The number of methoxy groups -OCH3 is 2. The summed E-state index contributed by atoms with van der Waals surface area (Å²) in [6.45, 7) is 0. The van der Waals surface area contributed by atoms with E-state index in [-0.39, 0.29) is 5.69 Å². The summed E-state index contributed by atoms with van der Waals surface area (Å²) in [5, 5.41) is 8.37. The van der Waals surface area contributed by atoms with Gasteiger partial charge in [0, 0.05) is 6.07 Å². The van der Waals surface area contributed by atoms with Gasteiger partial charge in [-0.1, -0.05) is 0 Å². The zero-order valence-electron chi connectivity index (χ0n) is 9.43. The van der Waals surface area contributed by atoms with Gasteiger partial charge in [0.25, 0.3) is 0 Å². The summed E-state index contributed by atoms with van der Waals surface area (Å²) >= 11 is 0. The second-order valence-corrected chi connectivity index (χ2v) is 4.81. The number of benzene rings is 1. The number of hydrogen-bond acceptors (Lipinski definition) is 5. The van der Waals surface area contributed by atoms with Gasteiger partial charge in [-0.25, -0.2) is 8.42 Å². The summed E-state index contributed by atoms with van der Waals surface area (Å²) in [4.78, 5) is 0. The molecule has 0 atom stereocenters. The third-order valence-corrected chi connectivity index (χ3v) is 2.97. The van der Waals surface area contributed by atoms with E-state index in [0.29, 0.717) is 11.5 Å². The molecule has 0 unspecified atom stereocenters. The molecule has 7 heteroatoms. The normalized spacial score (nSPS) is 10.4. The number of nitrogens with one attached hydrogen (secondary N) is 1.